The molecule has 0 radical (unpaired) electrons. The Labute approximate surface area is 148 Å². The molecule has 7 heteroatoms. The lowest BCUT2D eigenvalue weighted by atomic mass is 10.2. The van der Waals surface area contributed by atoms with Gasteiger partial charge in [-0.2, -0.15) is 0 Å². The summed E-state index contributed by atoms with van der Waals surface area (Å²) in [7, 11) is 0. The number of aryl methyl sites for hydroxylation is 1. The number of nitrogens with zero attached hydrogens (tertiary/aromatic N) is 2. The maximum Gasteiger partial charge on any atom is 0.268 e. The van der Waals surface area contributed by atoms with E-state index in [0.29, 0.717) is 17.2 Å². The lowest BCUT2D eigenvalue weighted by molar-refractivity contribution is -0.119. The molecule has 1 aromatic carbocycles. The number of anilines is 1. The van der Waals surface area contributed by atoms with Gasteiger partial charge in [0.05, 0.1) is 0 Å². The first-order valence-corrected chi connectivity index (χ1v) is 9.73. The van der Waals surface area contributed by atoms with Gasteiger partial charge in [-0.15, -0.1) is 11.3 Å². The minimum absolute atomic E-state index is 0.0643. The molecule has 0 spiro atoms. The molecule has 1 aromatic heterocycles. The molecule has 2 aliphatic heterocycles. The van der Waals surface area contributed by atoms with Gasteiger partial charge in [0.15, 0.2) is 10.2 Å². The van der Waals surface area contributed by atoms with Crippen molar-refractivity contribution in [3.8, 4) is 0 Å². The quantitative estimate of drug-likeness (QED) is 0.854. The van der Waals surface area contributed by atoms with E-state index < -0.39 is 0 Å². The molecule has 2 aliphatic rings. The van der Waals surface area contributed by atoms with Gasteiger partial charge in [0.1, 0.15) is 10.9 Å². The van der Waals surface area contributed by atoms with Gasteiger partial charge in [-0.25, -0.2) is 4.98 Å². The summed E-state index contributed by atoms with van der Waals surface area (Å²) in [6, 6.07) is 8.04. The second-order valence-corrected chi connectivity index (χ2v) is 8.30. The number of rotatable bonds is 3. The van der Waals surface area contributed by atoms with Crippen LogP contribution < -0.4 is 5.32 Å². The van der Waals surface area contributed by atoms with E-state index in [0.717, 1.165) is 22.9 Å². The van der Waals surface area contributed by atoms with Gasteiger partial charge in [-0.3, -0.25) is 9.59 Å². The Balaban J connectivity index is 1.54. The van der Waals surface area contributed by atoms with Gasteiger partial charge in [0.25, 0.3) is 5.91 Å². The Kier molecular flexibility index (Phi) is 4.05. The van der Waals surface area contributed by atoms with Gasteiger partial charge in [0, 0.05) is 12.3 Å². The number of hydrogen-bond acceptors (Lipinski definition) is 5. The van der Waals surface area contributed by atoms with Crippen molar-refractivity contribution >= 4 is 40.7 Å². The Morgan fingerprint density at radius 1 is 1.33 bits per heavy atom. The molecule has 3 heterocycles. The van der Waals surface area contributed by atoms with E-state index in [-0.39, 0.29) is 17.9 Å². The first-order valence-electron chi connectivity index (χ1n) is 7.93. The van der Waals surface area contributed by atoms with Crippen LogP contribution >= 0.6 is 23.1 Å². The van der Waals surface area contributed by atoms with Gasteiger partial charge in [-0.05, 0) is 25.3 Å². The van der Waals surface area contributed by atoms with Gasteiger partial charge in [-0.1, -0.05) is 41.6 Å². The standard InChI is InChI=1S/C17H17N3O2S2/c1-10-4-6-11(7-5-10)9-23-17-19-14-13(24-17)16(22)20-8-2-3-12(20)15(21)18-14/h4-7,12H,2-3,8-9H2,1H3,(H,18,21)/t12-/m1/s1. The van der Waals surface area contributed by atoms with Crippen molar-refractivity contribution in [1.82, 2.24) is 9.88 Å². The summed E-state index contributed by atoms with van der Waals surface area (Å²) >= 11 is 2.97. The second kappa shape index (κ2) is 6.22. The molecule has 4 rings (SSSR count). The SMILES string of the molecule is Cc1ccc(CSc2nc3c(s2)C(=O)N2CCC[C@@H]2C(=O)N3)cc1. The van der Waals surface area contributed by atoms with Crippen LogP contribution in [0.15, 0.2) is 28.6 Å². The number of benzene rings is 1. The minimum Gasteiger partial charge on any atom is -0.326 e. The Bertz CT molecular complexity index is 801. The molecule has 2 amide bonds. The van der Waals surface area contributed by atoms with Crippen molar-refractivity contribution in [2.45, 2.75) is 35.9 Å². The highest BCUT2D eigenvalue weighted by atomic mass is 32.2. The molecule has 0 bridgehead atoms. The van der Waals surface area contributed by atoms with Crippen LogP contribution in [0, 0.1) is 6.92 Å². The summed E-state index contributed by atoms with van der Waals surface area (Å²) in [5.41, 5.74) is 2.45. The average Bonchev–Trinajstić information content (AvgIpc) is 3.19. The molecule has 24 heavy (non-hydrogen) atoms. The van der Waals surface area contributed by atoms with Crippen molar-refractivity contribution in [2.75, 3.05) is 11.9 Å². The summed E-state index contributed by atoms with van der Waals surface area (Å²) < 4.78 is 0.812. The summed E-state index contributed by atoms with van der Waals surface area (Å²) in [6.07, 6.45) is 1.62. The zero-order chi connectivity index (χ0) is 16.7. The molecule has 0 unspecified atom stereocenters. The van der Waals surface area contributed by atoms with Crippen LogP contribution in [0.2, 0.25) is 0 Å². The van der Waals surface area contributed by atoms with E-state index in [1.54, 1.807) is 16.7 Å². The van der Waals surface area contributed by atoms with Crippen LogP contribution in [-0.2, 0) is 10.5 Å². The minimum atomic E-state index is -0.331. The normalized spacial score (nSPS) is 19.7. The molecule has 1 fully saturated rings. The Morgan fingerprint density at radius 3 is 2.92 bits per heavy atom. The van der Waals surface area contributed by atoms with Gasteiger partial charge in [0.2, 0.25) is 5.91 Å². The maximum atomic E-state index is 12.7. The highest BCUT2D eigenvalue weighted by molar-refractivity contribution is 8.00. The van der Waals surface area contributed by atoms with Crippen LogP contribution in [0.5, 0.6) is 0 Å². The van der Waals surface area contributed by atoms with Crippen molar-refractivity contribution in [1.29, 1.82) is 0 Å². The maximum absolute atomic E-state index is 12.7. The fourth-order valence-corrected chi connectivity index (χ4v) is 5.04. The van der Waals surface area contributed by atoms with Gasteiger partial charge < -0.3 is 10.2 Å². The summed E-state index contributed by atoms with van der Waals surface area (Å²) in [5, 5.41) is 2.83. The fraction of sp³-hybridized carbons (Fsp3) is 0.353. The fourth-order valence-electron chi connectivity index (χ4n) is 3.03. The van der Waals surface area contributed by atoms with Crippen LogP contribution in [-0.4, -0.2) is 34.3 Å². The largest absolute Gasteiger partial charge is 0.326 e. The number of thioether (sulfide) groups is 1. The number of hydrogen-bond donors (Lipinski definition) is 1. The van der Waals surface area contributed by atoms with E-state index in [9.17, 15) is 9.59 Å². The Morgan fingerprint density at radius 2 is 2.12 bits per heavy atom. The lowest BCUT2D eigenvalue weighted by Gasteiger charge is -2.19. The molecule has 0 saturated carbocycles. The number of nitrogens with one attached hydrogen (secondary N) is 1. The molecule has 1 N–H and O–H groups in total. The van der Waals surface area contributed by atoms with Crippen LogP contribution in [0.25, 0.3) is 0 Å². The molecule has 0 aliphatic carbocycles. The highest BCUT2D eigenvalue weighted by Crippen LogP contribution is 2.36. The summed E-state index contributed by atoms with van der Waals surface area (Å²) in [5.74, 6) is 1.04. The molecular weight excluding hydrogens is 342 g/mol. The van der Waals surface area contributed by atoms with E-state index in [1.165, 1.54) is 22.5 Å². The van der Waals surface area contributed by atoms with Gasteiger partial charge >= 0.3 is 0 Å². The van der Waals surface area contributed by atoms with Crippen LogP contribution in [0.3, 0.4) is 0 Å². The van der Waals surface area contributed by atoms with Crippen molar-refractivity contribution in [3.05, 3.63) is 40.3 Å². The molecule has 2 aromatic rings. The third kappa shape index (κ3) is 2.82. The molecular formula is C17H17N3O2S2. The zero-order valence-electron chi connectivity index (χ0n) is 13.2. The number of amides is 2. The summed E-state index contributed by atoms with van der Waals surface area (Å²) in [6.45, 7) is 2.72. The number of fused-ring (bicyclic) bond motifs is 2. The number of aromatic nitrogens is 1. The topological polar surface area (TPSA) is 62.3 Å². The number of carbonyl (C=O) groups is 2. The highest BCUT2D eigenvalue weighted by Gasteiger charge is 2.40. The van der Waals surface area contributed by atoms with E-state index in [2.05, 4.69) is 41.5 Å². The molecule has 1 atom stereocenters. The first kappa shape index (κ1) is 15.7. The smallest absolute Gasteiger partial charge is 0.268 e. The zero-order valence-corrected chi connectivity index (χ0v) is 14.9. The average molecular weight is 359 g/mol. The monoisotopic (exact) mass is 359 g/mol. The number of carbonyl (C=O) groups excluding carboxylic acids is 2. The predicted molar refractivity (Wildman–Crippen MR) is 95.5 cm³/mol. The molecule has 1 saturated heterocycles. The first-order chi connectivity index (χ1) is 11.6. The van der Waals surface area contributed by atoms with Crippen LogP contribution in [0.4, 0.5) is 5.82 Å². The van der Waals surface area contributed by atoms with Crippen molar-refractivity contribution in [2.24, 2.45) is 0 Å². The lowest BCUT2D eigenvalue weighted by Crippen LogP contribution is -2.40. The third-order valence-electron chi connectivity index (χ3n) is 4.34. The predicted octanol–water partition coefficient (Wildman–Crippen LogP) is 3.30. The molecule has 124 valence electrons. The Hall–Kier alpha value is -1.86. The molecule has 5 nitrogen and oxygen atoms in total. The second-order valence-electron chi connectivity index (χ2n) is 6.08. The van der Waals surface area contributed by atoms with Crippen molar-refractivity contribution < 1.29 is 9.59 Å². The van der Waals surface area contributed by atoms with E-state index >= 15 is 0 Å². The van der Waals surface area contributed by atoms with Crippen LogP contribution in [0.1, 0.15) is 33.6 Å². The van der Waals surface area contributed by atoms with E-state index in [1.807, 2.05) is 0 Å². The number of thiazole rings is 1. The third-order valence-corrected chi connectivity index (χ3v) is 6.60. The summed E-state index contributed by atoms with van der Waals surface area (Å²) in [4.78, 5) is 31.7. The van der Waals surface area contributed by atoms with Crippen molar-refractivity contribution in [3.63, 3.8) is 0 Å². The van der Waals surface area contributed by atoms with E-state index in [4.69, 9.17) is 0 Å².